The summed E-state index contributed by atoms with van der Waals surface area (Å²) in [5.41, 5.74) is 41.5. The van der Waals surface area contributed by atoms with Crippen LogP contribution in [0.1, 0.15) is 124 Å². The summed E-state index contributed by atoms with van der Waals surface area (Å²) in [4.78, 5) is 10.8. The summed E-state index contributed by atoms with van der Waals surface area (Å²) in [7, 11) is 0. The molecule has 20 aromatic rings. The first-order valence-electron chi connectivity index (χ1n) is 47.3. The summed E-state index contributed by atoms with van der Waals surface area (Å²) in [5, 5.41) is 2.51. The lowest BCUT2D eigenvalue weighted by Gasteiger charge is -2.48. The van der Waals surface area contributed by atoms with Crippen LogP contribution in [0.4, 0.5) is 68.2 Å². The van der Waals surface area contributed by atoms with Gasteiger partial charge >= 0.3 is 0 Å². The van der Waals surface area contributed by atoms with E-state index in [9.17, 15) is 0 Å². The monoisotopic (exact) mass is 1730 g/mol. The Labute approximate surface area is 790 Å². The van der Waals surface area contributed by atoms with Crippen molar-refractivity contribution < 1.29 is 0 Å². The predicted octanol–water partition coefficient (Wildman–Crippen LogP) is 32.7. The van der Waals surface area contributed by atoms with Crippen molar-refractivity contribution in [3.63, 3.8) is 0 Å². The van der Waals surface area contributed by atoms with Gasteiger partial charge in [-0.2, -0.15) is 0 Å². The van der Waals surface area contributed by atoms with Gasteiger partial charge in [0.05, 0.1) is 45.0 Å². The molecule has 19 aromatic carbocycles. The van der Waals surface area contributed by atoms with E-state index >= 15 is 0 Å². The number of benzene rings is 19. The molecule has 0 saturated carbocycles. The second-order valence-electron chi connectivity index (χ2n) is 40.2. The van der Waals surface area contributed by atoms with E-state index in [1.54, 1.807) is 0 Å². The largest absolute Gasteiger partial charge is 0.310 e. The molecule has 0 N–H and O–H groups in total. The lowest BCUT2D eigenvalue weighted by Crippen LogP contribution is -2.61. The van der Waals surface area contributed by atoms with E-state index in [4.69, 9.17) is 0 Å². The van der Waals surface area contributed by atoms with Crippen molar-refractivity contribution in [2.24, 2.45) is 0 Å². The Bertz CT molecular complexity index is 7500. The summed E-state index contributed by atoms with van der Waals surface area (Å²) in [6.45, 7) is 21.3. The molecule has 13 bridgehead atoms. The maximum atomic E-state index is 2.79. The molecule has 0 aliphatic carbocycles. The van der Waals surface area contributed by atoms with Crippen LogP contribution in [0.25, 0.3) is 86.9 Å². The SMILES string of the molecule is CC(C)(C)c1cc(-c2ccccc2)c2c(c1)-c1cccc(c1)-c1ccc3sc4ccc(cc4c3c1)-c1cccc(c1)-c1cc(C(C)(C)C)cc(-c3ccccc3)c1N1c3cc(N4c5ccccc5C(c5ccccc5)(c5ccccc5)c5ccccc54)ccc3B3c4ccc(N5c6ccccc6C(c6ccccc6)(c6ccccc6)c6ccccc65)cc4N2c2cc(C(C)(C)C)cc1c23. The Hall–Kier alpha value is -15.3. The van der Waals surface area contributed by atoms with Gasteiger partial charge in [-0.1, -0.05) is 378 Å². The van der Waals surface area contributed by atoms with Crippen LogP contribution in [0.3, 0.4) is 0 Å². The van der Waals surface area contributed by atoms with Gasteiger partial charge in [-0.3, -0.25) is 0 Å². The highest BCUT2D eigenvalue weighted by Crippen LogP contribution is 2.63. The minimum atomic E-state index is -0.700. The molecule has 134 heavy (non-hydrogen) atoms. The summed E-state index contributed by atoms with van der Waals surface area (Å²) in [5.74, 6) is 0. The maximum Gasteiger partial charge on any atom is 0.252 e. The van der Waals surface area contributed by atoms with Gasteiger partial charge in [0.25, 0.3) is 6.71 Å². The number of hydrogen-bond donors (Lipinski definition) is 0. The lowest BCUT2D eigenvalue weighted by atomic mass is 9.33. The molecular formula is C128H99BN4S. The van der Waals surface area contributed by atoms with Crippen LogP contribution in [0.15, 0.2) is 437 Å². The second kappa shape index (κ2) is 30.6. The van der Waals surface area contributed by atoms with Crippen molar-refractivity contribution >= 4 is 123 Å². The Morgan fingerprint density at radius 1 is 0.216 bits per heavy atom. The molecule has 0 unspecified atom stereocenters. The topological polar surface area (TPSA) is 13.0 Å². The quantitative estimate of drug-likeness (QED) is 0.141. The van der Waals surface area contributed by atoms with E-state index in [-0.39, 0.29) is 17.5 Å². The summed E-state index contributed by atoms with van der Waals surface area (Å²) < 4.78 is 2.53. The van der Waals surface area contributed by atoms with E-state index in [2.05, 4.69) is 519 Å². The van der Waals surface area contributed by atoms with Crippen molar-refractivity contribution in [1.29, 1.82) is 0 Å². The van der Waals surface area contributed by atoms with Gasteiger partial charge in [0, 0.05) is 76.6 Å². The number of anilines is 12. The van der Waals surface area contributed by atoms with Crippen LogP contribution in [0.5, 0.6) is 0 Å². The Morgan fingerprint density at radius 3 is 0.836 bits per heavy atom. The standard InChI is InChI=1S/C128H99BN4S/c1-124(2,3)94-74-99(82-38-16-10-17-39-82)122-101(76-94)88-44-36-42-84(70-88)86-62-68-119-103(72-86)104-73-87(63-69-120(104)134-119)85-43-37-45-89(71-85)102-77-95(125(4,5)6)75-100(83-40-18-11-19-41-83)123(102)133-116-81-98(131-113-60-34-30-56-107(113)128(92-50-24-14-25-51-92,93-52-26-15-27-53-93)108-57-31-35-61-114(108)131)65-67-110(116)129-109-66-64-97(80-115(109)132(122)117-78-96(126(7,8)9)79-118(133)121(117)129)130-111-58-32-28-54-105(111)127(90-46-20-12-21-47-90,91-48-22-13-23-49-91)106-55-29-33-59-112(106)130/h10-81H,1-9H3. The minimum Gasteiger partial charge on any atom is -0.310 e. The van der Waals surface area contributed by atoms with Crippen molar-refractivity contribution in [2.45, 2.75) is 89.4 Å². The van der Waals surface area contributed by atoms with Gasteiger partial charge in [-0.25, -0.2) is 0 Å². The van der Waals surface area contributed by atoms with Crippen LogP contribution in [-0.2, 0) is 27.1 Å². The highest BCUT2D eigenvalue weighted by atomic mass is 32.1. The fourth-order valence-electron chi connectivity index (χ4n) is 23.1. The highest BCUT2D eigenvalue weighted by molar-refractivity contribution is 7.25. The zero-order valence-corrected chi connectivity index (χ0v) is 77.7. The third-order valence-electron chi connectivity index (χ3n) is 29.5. The molecule has 25 rings (SSSR count). The Balaban J connectivity index is 0.857. The fourth-order valence-corrected chi connectivity index (χ4v) is 24.2. The number of fused-ring (bicyclic) bond motifs is 24. The molecule has 5 aliphatic heterocycles. The summed E-state index contributed by atoms with van der Waals surface area (Å²) in [6, 6.07) is 169. The van der Waals surface area contributed by atoms with Crippen LogP contribution < -0.4 is 36.0 Å². The molecule has 0 saturated heterocycles. The van der Waals surface area contributed by atoms with Crippen LogP contribution >= 0.6 is 11.3 Å². The highest BCUT2D eigenvalue weighted by Gasteiger charge is 2.52. The van der Waals surface area contributed by atoms with E-state index in [1.807, 2.05) is 11.3 Å². The van der Waals surface area contributed by atoms with Crippen molar-refractivity contribution in [3.05, 3.63) is 498 Å². The molecule has 5 aliphatic rings. The third kappa shape index (κ3) is 12.4. The molecule has 0 fully saturated rings. The maximum absolute atomic E-state index is 2.79. The Kier molecular flexibility index (Phi) is 18.5. The van der Waals surface area contributed by atoms with Crippen LogP contribution in [0, 0.1) is 0 Å². The molecule has 6 heteroatoms. The molecule has 0 atom stereocenters. The van der Waals surface area contributed by atoms with Gasteiger partial charge < -0.3 is 19.6 Å². The molecule has 1 aromatic heterocycles. The first-order chi connectivity index (χ1) is 65.4. The van der Waals surface area contributed by atoms with Gasteiger partial charge in [0.1, 0.15) is 0 Å². The zero-order chi connectivity index (χ0) is 90.3. The van der Waals surface area contributed by atoms with Crippen LogP contribution in [-0.4, -0.2) is 6.71 Å². The molecule has 0 amide bonds. The number of hydrogen-bond acceptors (Lipinski definition) is 5. The van der Waals surface area contributed by atoms with Crippen molar-refractivity contribution in [2.75, 3.05) is 19.6 Å². The van der Waals surface area contributed by atoms with Gasteiger partial charge in [-0.15, -0.1) is 11.3 Å². The smallest absolute Gasteiger partial charge is 0.252 e. The minimum absolute atomic E-state index is 0.292. The van der Waals surface area contributed by atoms with Crippen molar-refractivity contribution in [1.82, 2.24) is 0 Å². The average Bonchev–Trinajstić information content (AvgIpc) is 0.826. The first-order valence-corrected chi connectivity index (χ1v) is 48.1. The van der Waals surface area contributed by atoms with E-state index in [0.717, 1.165) is 124 Å². The average molecular weight is 1740 g/mol. The third-order valence-corrected chi connectivity index (χ3v) is 30.6. The summed E-state index contributed by atoms with van der Waals surface area (Å²) in [6.07, 6.45) is 0. The number of para-hydroxylation sites is 4. The lowest BCUT2D eigenvalue weighted by molar-refractivity contribution is 0.590. The van der Waals surface area contributed by atoms with Crippen LogP contribution in [0.2, 0.25) is 0 Å². The molecule has 6 heterocycles. The van der Waals surface area contributed by atoms with E-state index in [0.29, 0.717) is 0 Å². The first kappa shape index (κ1) is 80.7. The van der Waals surface area contributed by atoms with E-state index in [1.165, 1.54) is 109 Å². The normalized spacial score (nSPS) is 14.1. The molecule has 0 radical (unpaired) electrons. The van der Waals surface area contributed by atoms with Gasteiger partial charge in [0.2, 0.25) is 0 Å². The molecule has 0 spiro atoms. The number of nitrogens with zero attached hydrogens (tertiary/aromatic N) is 4. The van der Waals surface area contributed by atoms with Gasteiger partial charge in [-0.05, 0) is 260 Å². The fraction of sp³-hybridized carbons (Fsp3) is 0.109. The number of rotatable bonds is 8. The molecule has 640 valence electrons. The van der Waals surface area contributed by atoms with E-state index < -0.39 is 16.2 Å². The molecular weight excluding hydrogens is 1640 g/mol. The summed E-state index contributed by atoms with van der Waals surface area (Å²) >= 11 is 1.88. The second-order valence-corrected chi connectivity index (χ2v) is 41.3. The predicted molar refractivity (Wildman–Crippen MR) is 569 cm³/mol. The zero-order valence-electron chi connectivity index (χ0n) is 76.8. The Morgan fingerprint density at radius 2 is 0.500 bits per heavy atom. The van der Waals surface area contributed by atoms with Crippen molar-refractivity contribution in [3.8, 4) is 66.8 Å². The number of thiophene rings is 1. The molecule has 4 nitrogen and oxygen atoms in total. The van der Waals surface area contributed by atoms with Gasteiger partial charge in [0.15, 0.2) is 0 Å².